The second-order valence-corrected chi connectivity index (χ2v) is 4.82. The molecule has 0 aliphatic carbocycles. The maximum Gasteiger partial charge on any atom is 0.277 e. The molecule has 104 valence electrons. The highest BCUT2D eigenvalue weighted by atomic mass is 16.5. The number of carbonyl (C=O) groups is 1. The number of nitrogens with one attached hydrogen (secondary N) is 1. The zero-order valence-electron chi connectivity index (χ0n) is 11.7. The average Bonchev–Trinajstić information content (AvgIpc) is 2.44. The average molecular weight is 270 g/mol. The van der Waals surface area contributed by atoms with E-state index >= 15 is 0 Å². The van der Waals surface area contributed by atoms with Crippen LogP contribution in [0.15, 0.2) is 47.6 Å². The fourth-order valence-electron chi connectivity index (χ4n) is 1.76. The number of carbonyl (C=O) groups excluding carboxylic acids is 1. The molecule has 2 aromatic carbocycles. The molecule has 0 aliphatic rings. The minimum absolute atomic E-state index is 0.0521. The van der Waals surface area contributed by atoms with Crippen LogP contribution in [0.4, 0.5) is 0 Å². The maximum atomic E-state index is 11.6. The second-order valence-electron chi connectivity index (χ2n) is 4.82. The summed E-state index contributed by atoms with van der Waals surface area (Å²) in [5.41, 5.74) is 2.44. The number of hydrogen-bond donors (Lipinski definition) is 1. The molecule has 0 bridgehead atoms. The van der Waals surface area contributed by atoms with Crippen molar-refractivity contribution >= 4 is 22.9 Å². The first-order valence-electron chi connectivity index (χ1n) is 6.59. The minimum atomic E-state index is -0.269. The number of rotatable bonds is 5. The van der Waals surface area contributed by atoms with Gasteiger partial charge in [-0.05, 0) is 17.4 Å². The third-order valence-electron chi connectivity index (χ3n) is 2.67. The Bertz CT molecular complexity index is 615. The molecule has 0 fully saturated rings. The molecular formula is C16H18N2O2. The van der Waals surface area contributed by atoms with Crippen LogP contribution in [-0.4, -0.2) is 18.7 Å². The molecular weight excluding hydrogens is 252 g/mol. The van der Waals surface area contributed by atoms with Gasteiger partial charge in [-0.3, -0.25) is 4.79 Å². The lowest BCUT2D eigenvalue weighted by Crippen LogP contribution is -2.24. The van der Waals surface area contributed by atoms with Crippen LogP contribution >= 0.6 is 0 Å². The van der Waals surface area contributed by atoms with E-state index in [0.29, 0.717) is 11.7 Å². The van der Waals surface area contributed by atoms with Crippen molar-refractivity contribution in [2.75, 3.05) is 6.61 Å². The van der Waals surface area contributed by atoms with Crippen LogP contribution in [0.25, 0.3) is 10.8 Å². The molecule has 0 saturated heterocycles. The molecule has 0 radical (unpaired) electrons. The van der Waals surface area contributed by atoms with Crippen LogP contribution in [0.3, 0.4) is 0 Å². The van der Waals surface area contributed by atoms with Crippen molar-refractivity contribution in [2.45, 2.75) is 13.8 Å². The zero-order chi connectivity index (χ0) is 14.4. The summed E-state index contributed by atoms with van der Waals surface area (Å²) in [5.74, 6) is 0.732. The number of ether oxygens (including phenoxy) is 1. The van der Waals surface area contributed by atoms with Crippen LogP contribution in [0, 0.1) is 5.92 Å². The van der Waals surface area contributed by atoms with Gasteiger partial charge >= 0.3 is 0 Å². The summed E-state index contributed by atoms with van der Waals surface area (Å²) >= 11 is 0. The summed E-state index contributed by atoms with van der Waals surface area (Å²) in [6.07, 6.45) is 1.68. The first kappa shape index (κ1) is 14.1. The van der Waals surface area contributed by atoms with E-state index in [1.807, 2.05) is 56.3 Å². The largest absolute Gasteiger partial charge is 0.483 e. The lowest BCUT2D eigenvalue weighted by molar-refractivity contribution is -0.123. The fourth-order valence-corrected chi connectivity index (χ4v) is 1.76. The van der Waals surface area contributed by atoms with E-state index in [1.165, 1.54) is 0 Å². The molecule has 20 heavy (non-hydrogen) atoms. The van der Waals surface area contributed by atoms with Gasteiger partial charge < -0.3 is 4.74 Å². The summed E-state index contributed by atoms with van der Waals surface area (Å²) in [5, 5.41) is 5.92. The third kappa shape index (κ3) is 3.82. The van der Waals surface area contributed by atoms with Gasteiger partial charge in [-0.15, -0.1) is 0 Å². The SMILES string of the molecule is CC(C)/C=N/NC(=O)COc1cccc2ccccc12. The topological polar surface area (TPSA) is 50.7 Å². The number of amides is 1. The molecule has 4 heteroatoms. The minimum Gasteiger partial charge on any atom is -0.483 e. The van der Waals surface area contributed by atoms with Crippen molar-refractivity contribution in [3.8, 4) is 5.75 Å². The quantitative estimate of drug-likeness (QED) is 0.670. The van der Waals surface area contributed by atoms with E-state index in [-0.39, 0.29) is 12.5 Å². The first-order valence-corrected chi connectivity index (χ1v) is 6.59. The molecule has 0 aromatic heterocycles. The molecule has 0 spiro atoms. The Morgan fingerprint density at radius 2 is 2.00 bits per heavy atom. The molecule has 2 aromatic rings. The highest BCUT2D eigenvalue weighted by molar-refractivity contribution is 5.88. The van der Waals surface area contributed by atoms with Crippen LogP contribution in [0.1, 0.15) is 13.8 Å². The van der Waals surface area contributed by atoms with E-state index in [0.717, 1.165) is 10.8 Å². The van der Waals surface area contributed by atoms with Crippen molar-refractivity contribution in [2.24, 2.45) is 11.0 Å². The monoisotopic (exact) mass is 270 g/mol. The predicted octanol–water partition coefficient (Wildman–Crippen LogP) is 2.98. The summed E-state index contributed by atoms with van der Waals surface area (Å²) in [4.78, 5) is 11.6. The van der Waals surface area contributed by atoms with E-state index in [9.17, 15) is 4.79 Å². The normalized spacial score (nSPS) is 11.2. The van der Waals surface area contributed by atoms with Gasteiger partial charge in [0.1, 0.15) is 5.75 Å². The predicted molar refractivity (Wildman–Crippen MR) is 80.9 cm³/mol. The molecule has 4 nitrogen and oxygen atoms in total. The fraction of sp³-hybridized carbons (Fsp3) is 0.250. The van der Waals surface area contributed by atoms with Gasteiger partial charge in [-0.25, -0.2) is 5.43 Å². The number of fused-ring (bicyclic) bond motifs is 1. The van der Waals surface area contributed by atoms with Gasteiger partial charge in [0.05, 0.1) is 0 Å². The van der Waals surface area contributed by atoms with Crippen molar-refractivity contribution in [1.29, 1.82) is 0 Å². The maximum absolute atomic E-state index is 11.6. The molecule has 0 atom stereocenters. The molecule has 0 aliphatic heterocycles. The molecule has 2 rings (SSSR count). The highest BCUT2D eigenvalue weighted by Crippen LogP contribution is 2.24. The van der Waals surface area contributed by atoms with E-state index < -0.39 is 0 Å². The Morgan fingerprint density at radius 3 is 2.80 bits per heavy atom. The molecule has 0 heterocycles. The second kappa shape index (κ2) is 6.70. The number of hydrazone groups is 1. The van der Waals surface area contributed by atoms with Gasteiger partial charge in [-0.1, -0.05) is 50.2 Å². The zero-order valence-corrected chi connectivity index (χ0v) is 11.7. The summed E-state index contributed by atoms with van der Waals surface area (Å²) < 4.78 is 5.55. The van der Waals surface area contributed by atoms with Crippen LogP contribution < -0.4 is 10.2 Å². The molecule has 1 N–H and O–H groups in total. The van der Waals surface area contributed by atoms with Crippen molar-refractivity contribution < 1.29 is 9.53 Å². The molecule has 1 amide bonds. The van der Waals surface area contributed by atoms with E-state index in [4.69, 9.17) is 4.74 Å². The van der Waals surface area contributed by atoms with Crippen molar-refractivity contribution in [1.82, 2.24) is 5.43 Å². The number of nitrogens with zero attached hydrogens (tertiary/aromatic N) is 1. The Morgan fingerprint density at radius 1 is 1.25 bits per heavy atom. The Kier molecular flexibility index (Phi) is 4.71. The molecule has 0 saturated carbocycles. The summed E-state index contributed by atoms with van der Waals surface area (Å²) in [6, 6.07) is 13.7. The standard InChI is InChI=1S/C16H18N2O2/c1-12(2)10-17-18-16(19)11-20-15-9-5-7-13-6-3-4-8-14(13)15/h3-10,12H,11H2,1-2H3,(H,18,19)/b17-10+. The van der Waals surface area contributed by atoms with Gasteiger partial charge in [-0.2, -0.15) is 5.10 Å². The van der Waals surface area contributed by atoms with Crippen LogP contribution in [-0.2, 0) is 4.79 Å². The van der Waals surface area contributed by atoms with Gasteiger partial charge in [0.15, 0.2) is 6.61 Å². The van der Waals surface area contributed by atoms with Gasteiger partial charge in [0.2, 0.25) is 0 Å². The third-order valence-corrected chi connectivity index (χ3v) is 2.67. The smallest absolute Gasteiger partial charge is 0.277 e. The Labute approximate surface area is 118 Å². The first-order chi connectivity index (χ1) is 9.66. The van der Waals surface area contributed by atoms with Crippen LogP contribution in [0.5, 0.6) is 5.75 Å². The highest BCUT2D eigenvalue weighted by Gasteiger charge is 2.04. The summed E-state index contributed by atoms with van der Waals surface area (Å²) in [7, 11) is 0. The molecule has 0 unspecified atom stereocenters. The lowest BCUT2D eigenvalue weighted by atomic mass is 10.1. The van der Waals surface area contributed by atoms with E-state index in [1.54, 1.807) is 6.21 Å². The van der Waals surface area contributed by atoms with Gasteiger partial charge in [0.25, 0.3) is 5.91 Å². The lowest BCUT2D eigenvalue weighted by Gasteiger charge is -2.08. The van der Waals surface area contributed by atoms with Crippen molar-refractivity contribution in [3.05, 3.63) is 42.5 Å². The van der Waals surface area contributed by atoms with Crippen molar-refractivity contribution in [3.63, 3.8) is 0 Å². The Hall–Kier alpha value is -2.36. The Balaban J connectivity index is 1.97. The van der Waals surface area contributed by atoms with E-state index in [2.05, 4.69) is 10.5 Å². The van der Waals surface area contributed by atoms with Gasteiger partial charge in [0, 0.05) is 11.6 Å². The van der Waals surface area contributed by atoms with Crippen LogP contribution in [0.2, 0.25) is 0 Å². The number of benzene rings is 2. The number of hydrogen-bond acceptors (Lipinski definition) is 3. The summed E-state index contributed by atoms with van der Waals surface area (Å²) in [6.45, 7) is 3.92.